The van der Waals surface area contributed by atoms with Gasteiger partial charge in [0.05, 0.1) is 18.9 Å². The first-order chi connectivity index (χ1) is 9.42. The largest absolute Gasteiger partial charge is 0.379 e. The van der Waals surface area contributed by atoms with Crippen LogP contribution in [0.1, 0.15) is 5.56 Å². The number of hydrogen-bond donors (Lipinski definition) is 1. The van der Waals surface area contributed by atoms with Crippen molar-refractivity contribution in [3.63, 3.8) is 0 Å². The summed E-state index contributed by atoms with van der Waals surface area (Å²) >= 11 is 0. The highest BCUT2D eigenvalue weighted by Gasteiger charge is 2.13. The number of nitrogens with one attached hydrogen (secondary N) is 1. The number of morpholine rings is 1. The van der Waals surface area contributed by atoms with Crippen molar-refractivity contribution >= 4 is 0 Å². The van der Waals surface area contributed by atoms with Crippen molar-refractivity contribution in [3.8, 4) is 11.3 Å². The topological polar surface area (TPSA) is 34.1 Å². The van der Waals surface area contributed by atoms with E-state index >= 15 is 0 Å². The molecule has 3 nitrogen and oxygen atoms in total. The molecule has 1 N–H and O–H groups in total. The Bertz CT molecular complexity index is 521. The summed E-state index contributed by atoms with van der Waals surface area (Å²) in [5.74, 6) is 0. The Morgan fingerprint density at radius 3 is 3.00 bits per heavy atom. The van der Waals surface area contributed by atoms with Gasteiger partial charge in [-0.2, -0.15) is 0 Å². The second-order valence-electron chi connectivity index (χ2n) is 4.85. The maximum Gasteiger partial charge on any atom is 0.0702 e. The lowest BCUT2D eigenvalue weighted by atomic mass is 10.0. The van der Waals surface area contributed by atoms with Crippen molar-refractivity contribution in [1.82, 2.24) is 10.3 Å². The average molecular weight is 254 g/mol. The number of pyridine rings is 1. The predicted molar refractivity (Wildman–Crippen MR) is 76.0 cm³/mol. The van der Waals surface area contributed by atoms with Gasteiger partial charge in [-0.05, 0) is 30.2 Å². The van der Waals surface area contributed by atoms with Crippen LogP contribution in [0.5, 0.6) is 0 Å². The molecule has 2 aromatic rings. The third kappa shape index (κ3) is 3.19. The molecule has 0 bridgehead atoms. The highest BCUT2D eigenvalue weighted by atomic mass is 16.5. The van der Waals surface area contributed by atoms with Gasteiger partial charge in [0.1, 0.15) is 0 Å². The predicted octanol–water partition coefficient (Wildman–Crippen LogP) is 2.28. The molecule has 1 fully saturated rings. The number of ether oxygens (including phenoxy) is 1. The molecule has 1 atom stereocenters. The number of rotatable bonds is 3. The van der Waals surface area contributed by atoms with Crippen LogP contribution in [0.3, 0.4) is 0 Å². The van der Waals surface area contributed by atoms with Crippen molar-refractivity contribution in [1.29, 1.82) is 0 Å². The third-order valence-corrected chi connectivity index (χ3v) is 3.37. The van der Waals surface area contributed by atoms with Gasteiger partial charge in [0.15, 0.2) is 0 Å². The summed E-state index contributed by atoms with van der Waals surface area (Å²) < 4.78 is 5.49. The van der Waals surface area contributed by atoms with Gasteiger partial charge in [0.25, 0.3) is 0 Å². The smallest absolute Gasteiger partial charge is 0.0702 e. The van der Waals surface area contributed by atoms with Gasteiger partial charge in [0, 0.05) is 24.3 Å². The van der Waals surface area contributed by atoms with E-state index in [0.717, 1.165) is 31.9 Å². The van der Waals surface area contributed by atoms with E-state index in [0.29, 0.717) is 6.04 Å². The van der Waals surface area contributed by atoms with E-state index in [1.54, 1.807) is 0 Å². The summed E-state index contributed by atoms with van der Waals surface area (Å²) in [5.41, 5.74) is 3.53. The maximum atomic E-state index is 5.49. The van der Waals surface area contributed by atoms with Gasteiger partial charge >= 0.3 is 0 Å². The van der Waals surface area contributed by atoms with Crippen molar-refractivity contribution in [2.24, 2.45) is 0 Å². The minimum atomic E-state index is 0.424. The van der Waals surface area contributed by atoms with E-state index in [1.807, 2.05) is 24.4 Å². The fourth-order valence-corrected chi connectivity index (χ4v) is 2.43. The van der Waals surface area contributed by atoms with Crippen LogP contribution in [0.25, 0.3) is 11.3 Å². The fourth-order valence-electron chi connectivity index (χ4n) is 2.43. The molecule has 3 heteroatoms. The second-order valence-corrected chi connectivity index (χ2v) is 4.85. The van der Waals surface area contributed by atoms with Gasteiger partial charge in [-0.15, -0.1) is 0 Å². The summed E-state index contributed by atoms with van der Waals surface area (Å²) in [5, 5.41) is 3.49. The molecule has 1 aromatic carbocycles. The van der Waals surface area contributed by atoms with E-state index in [9.17, 15) is 0 Å². The van der Waals surface area contributed by atoms with E-state index < -0.39 is 0 Å². The molecule has 1 aromatic heterocycles. The molecule has 98 valence electrons. The standard InChI is InChI=1S/C16H18N2O/c1-2-7-18-16(6-1)14-5-3-4-13(10-14)11-15-12-19-9-8-17-15/h1-7,10,15,17H,8-9,11-12H2. The van der Waals surface area contributed by atoms with Gasteiger partial charge in [0.2, 0.25) is 0 Å². The van der Waals surface area contributed by atoms with Crippen LogP contribution in [0.15, 0.2) is 48.7 Å². The van der Waals surface area contributed by atoms with Gasteiger partial charge in [-0.3, -0.25) is 4.98 Å². The van der Waals surface area contributed by atoms with Crippen molar-refractivity contribution in [3.05, 3.63) is 54.2 Å². The molecule has 0 aliphatic carbocycles. The lowest BCUT2D eigenvalue weighted by Gasteiger charge is -2.23. The van der Waals surface area contributed by atoms with Crippen LogP contribution in [0, 0.1) is 0 Å². The first-order valence-electron chi connectivity index (χ1n) is 6.73. The van der Waals surface area contributed by atoms with Crippen molar-refractivity contribution < 1.29 is 4.74 Å². The van der Waals surface area contributed by atoms with Crippen LogP contribution in [-0.4, -0.2) is 30.8 Å². The highest BCUT2D eigenvalue weighted by molar-refractivity contribution is 5.59. The highest BCUT2D eigenvalue weighted by Crippen LogP contribution is 2.18. The molecule has 19 heavy (non-hydrogen) atoms. The monoisotopic (exact) mass is 254 g/mol. The lowest BCUT2D eigenvalue weighted by molar-refractivity contribution is 0.0770. The van der Waals surface area contributed by atoms with Crippen LogP contribution < -0.4 is 5.32 Å². The summed E-state index contributed by atoms with van der Waals surface area (Å²) in [6, 6.07) is 15.0. The number of benzene rings is 1. The zero-order valence-electron chi connectivity index (χ0n) is 10.9. The van der Waals surface area contributed by atoms with Gasteiger partial charge in [-0.25, -0.2) is 0 Å². The molecule has 0 amide bonds. The Kier molecular flexibility index (Phi) is 3.86. The van der Waals surface area contributed by atoms with Crippen LogP contribution in [0.2, 0.25) is 0 Å². The molecule has 1 unspecified atom stereocenters. The molecule has 1 aliphatic heterocycles. The lowest BCUT2D eigenvalue weighted by Crippen LogP contribution is -2.42. The van der Waals surface area contributed by atoms with E-state index in [4.69, 9.17) is 4.74 Å². The second kappa shape index (κ2) is 5.95. The van der Waals surface area contributed by atoms with Crippen LogP contribution in [-0.2, 0) is 11.2 Å². The van der Waals surface area contributed by atoms with E-state index in [1.165, 1.54) is 11.1 Å². The zero-order valence-corrected chi connectivity index (χ0v) is 10.9. The molecule has 2 heterocycles. The summed E-state index contributed by atoms with van der Waals surface area (Å²) in [4.78, 5) is 4.40. The quantitative estimate of drug-likeness (QED) is 0.912. The first-order valence-corrected chi connectivity index (χ1v) is 6.73. The SMILES string of the molecule is c1ccc(-c2cccc(CC3COCCN3)c2)nc1. The van der Waals surface area contributed by atoms with Crippen LogP contribution >= 0.6 is 0 Å². The Balaban J connectivity index is 1.76. The molecule has 0 radical (unpaired) electrons. The van der Waals surface area contributed by atoms with Crippen molar-refractivity contribution in [2.75, 3.05) is 19.8 Å². The molecular formula is C16H18N2O. The summed E-state index contributed by atoms with van der Waals surface area (Å²) in [7, 11) is 0. The van der Waals surface area contributed by atoms with Crippen molar-refractivity contribution in [2.45, 2.75) is 12.5 Å². The average Bonchev–Trinajstić information content (AvgIpc) is 2.49. The normalized spacial score (nSPS) is 19.3. The number of aromatic nitrogens is 1. The minimum Gasteiger partial charge on any atom is -0.379 e. The Morgan fingerprint density at radius 2 is 2.21 bits per heavy atom. The Hall–Kier alpha value is -1.71. The molecule has 0 spiro atoms. The maximum absolute atomic E-state index is 5.49. The van der Waals surface area contributed by atoms with Gasteiger partial charge < -0.3 is 10.1 Å². The molecule has 1 saturated heterocycles. The number of nitrogens with zero attached hydrogens (tertiary/aromatic N) is 1. The zero-order chi connectivity index (χ0) is 12.9. The third-order valence-electron chi connectivity index (χ3n) is 3.37. The molecule has 1 aliphatic rings. The molecule has 3 rings (SSSR count). The molecule has 0 saturated carbocycles. The fraction of sp³-hybridized carbons (Fsp3) is 0.312. The number of hydrogen-bond acceptors (Lipinski definition) is 3. The summed E-state index contributed by atoms with van der Waals surface area (Å²) in [6.45, 7) is 2.57. The minimum absolute atomic E-state index is 0.424. The Labute approximate surface area is 113 Å². The van der Waals surface area contributed by atoms with E-state index in [2.05, 4.69) is 34.6 Å². The Morgan fingerprint density at radius 1 is 1.21 bits per heavy atom. The summed E-state index contributed by atoms with van der Waals surface area (Å²) in [6.07, 6.45) is 2.83. The molecular weight excluding hydrogens is 236 g/mol. The van der Waals surface area contributed by atoms with Crippen LogP contribution in [0.4, 0.5) is 0 Å². The van der Waals surface area contributed by atoms with Gasteiger partial charge in [-0.1, -0.05) is 24.3 Å². The first kappa shape index (κ1) is 12.3. The van der Waals surface area contributed by atoms with E-state index in [-0.39, 0.29) is 0 Å².